The summed E-state index contributed by atoms with van der Waals surface area (Å²) in [4.78, 5) is 0. The Morgan fingerprint density at radius 1 is 1.05 bits per heavy atom. The molecule has 1 atom stereocenters. The Balaban J connectivity index is 2.01. The Labute approximate surface area is 128 Å². The Morgan fingerprint density at radius 3 is 2.57 bits per heavy atom. The zero-order valence-electron chi connectivity index (χ0n) is 13.0. The second-order valence-corrected chi connectivity index (χ2v) is 5.40. The standard InChI is InChI=1S/C19H25NO/c1-3-12-20-14-19(18-11-7-8-16(2)13-18)21-15-17-9-5-4-6-10-17/h4-11,13,19-20H,3,12,14-15H2,1-2H3. The Hall–Kier alpha value is -1.64. The van der Waals surface area contributed by atoms with E-state index in [4.69, 9.17) is 4.74 Å². The van der Waals surface area contributed by atoms with Gasteiger partial charge in [-0.25, -0.2) is 0 Å². The van der Waals surface area contributed by atoms with Crippen LogP contribution in [0.25, 0.3) is 0 Å². The second kappa shape index (κ2) is 8.60. The fraction of sp³-hybridized carbons (Fsp3) is 0.368. The van der Waals surface area contributed by atoms with Gasteiger partial charge in [0.2, 0.25) is 0 Å². The van der Waals surface area contributed by atoms with E-state index in [9.17, 15) is 0 Å². The molecule has 112 valence electrons. The molecular formula is C19H25NO. The molecule has 2 rings (SSSR count). The molecule has 0 saturated heterocycles. The molecule has 0 aliphatic carbocycles. The van der Waals surface area contributed by atoms with Crippen LogP contribution in [0, 0.1) is 6.92 Å². The van der Waals surface area contributed by atoms with Gasteiger partial charge in [0.25, 0.3) is 0 Å². The van der Waals surface area contributed by atoms with Crippen molar-refractivity contribution in [2.24, 2.45) is 0 Å². The van der Waals surface area contributed by atoms with Gasteiger partial charge < -0.3 is 10.1 Å². The quantitative estimate of drug-likeness (QED) is 0.731. The first-order chi connectivity index (χ1) is 10.3. The highest BCUT2D eigenvalue weighted by Crippen LogP contribution is 2.19. The average Bonchev–Trinajstić information content (AvgIpc) is 2.52. The molecule has 0 amide bonds. The summed E-state index contributed by atoms with van der Waals surface area (Å²) in [6.07, 6.45) is 1.23. The van der Waals surface area contributed by atoms with Crippen LogP contribution in [0.5, 0.6) is 0 Å². The molecule has 1 unspecified atom stereocenters. The van der Waals surface area contributed by atoms with Crippen molar-refractivity contribution in [3.05, 3.63) is 71.3 Å². The van der Waals surface area contributed by atoms with Crippen LogP contribution in [0.15, 0.2) is 54.6 Å². The highest BCUT2D eigenvalue weighted by molar-refractivity contribution is 5.24. The zero-order chi connectivity index (χ0) is 14.9. The molecule has 0 saturated carbocycles. The van der Waals surface area contributed by atoms with E-state index in [-0.39, 0.29) is 6.10 Å². The molecule has 21 heavy (non-hydrogen) atoms. The van der Waals surface area contributed by atoms with E-state index in [0.29, 0.717) is 6.61 Å². The number of benzene rings is 2. The van der Waals surface area contributed by atoms with Gasteiger partial charge in [0.1, 0.15) is 0 Å². The lowest BCUT2D eigenvalue weighted by Gasteiger charge is -2.19. The minimum Gasteiger partial charge on any atom is -0.368 e. The minimum atomic E-state index is 0.0941. The molecule has 0 aromatic heterocycles. The van der Waals surface area contributed by atoms with Gasteiger partial charge in [0.05, 0.1) is 12.7 Å². The second-order valence-electron chi connectivity index (χ2n) is 5.40. The highest BCUT2D eigenvalue weighted by Gasteiger charge is 2.12. The van der Waals surface area contributed by atoms with E-state index in [1.165, 1.54) is 16.7 Å². The molecule has 2 aromatic rings. The van der Waals surface area contributed by atoms with Crippen LogP contribution in [-0.2, 0) is 11.3 Å². The first kappa shape index (κ1) is 15.7. The molecule has 0 fully saturated rings. The van der Waals surface area contributed by atoms with Gasteiger partial charge in [0, 0.05) is 6.54 Å². The number of rotatable bonds is 8. The van der Waals surface area contributed by atoms with Crippen LogP contribution in [0.2, 0.25) is 0 Å². The van der Waals surface area contributed by atoms with Crippen molar-refractivity contribution >= 4 is 0 Å². The van der Waals surface area contributed by atoms with E-state index in [1.807, 2.05) is 6.07 Å². The largest absolute Gasteiger partial charge is 0.368 e. The monoisotopic (exact) mass is 283 g/mol. The van der Waals surface area contributed by atoms with E-state index in [2.05, 4.69) is 67.7 Å². The third-order valence-corrected chi connectivity index (χ3v) is 3.46. The maximum absolute atomic E-state index is 6.15. The van der Waals surface area contributed by atoms with Crippen LogP contribution < -0.4 is 5.32 Å². The SMILES string of the molecule is CCCNCC(OCc1ccccc1)c1cccc(C)c1. The van der Waals surface area contributed by atoms with E-state index in [1.54, 1.807) is 0 Å². The van der Waals surface area contributed by atoms with E-state index in [0.717, 1.165) is 19.5 Å². The highest BCUT2D eigenvalue weighted by atomic mass is 16.5. The summed E-state index contributed by atoms with van der Waals surface area (Å²) >= 11 is 0. The molecule has 0 radical (unpaired) electrons. The molecule has 2 heteroatoms. The minimum absolute atomic E-state index is 0.0941. The summed E-state index contributed by atoms with van der Waals surface area (Å²) < 4.78 is 6.15. The molecule has 0 aliphatic rings. The fourth-order valence-corrected chi connectivity index (χ4v) is 2.32. The van der Waals surface area contributed by atoms with Gasteiger partial charge in [-0.05, 0) is 31.0 Å². The summed E-state index contributed by atoms with van der Waals surface area (Å²) in [5, 5.41) is 3.46. The van der Waals surface area contributed by atoms with Gasteiger partial charge in [-0.15, -0.1) is 0 Å². The fourth-order valence-electron chi connectivity index (χ4n) is 2.32. The molecule has 0 heterocycles. The maximum atomic E-state index is 6.15. The lowest BCUT2D eigenvalue weighted by atomic mass is 10.1. The normalized spacial score (nSPS) is 12.3. The average molecular weight is 283 g/mol. The predicted molar refractivity (Wildman–Crippen MR) is 88.3 cm³/mol. The van der Waals surface area contributed by atoms with Crippen LogP contribution in [0.1, 0.15) is 36.1 Å². The maximum Gasteiger partial charge on any atom is 0.0953 e. The molecule has 0 aliphatic heterocycles. The molecule has 2 nitrogen and oxygen atoms in total. The smallest absolute Gasteiger partial charge is 0.0953 e. The Kier molecular flexibility index (Phi) is 6.45. The molecule has 0 spiro atoms. The van der Waals surface area contributed by atoms with Crippen molar-refractivity contribution in [1.82, 2.24) is 5.32 Å². The Bertz CT molecular complexity index is 524. The topological polar surface area (TPSA) is 21.3 Å². The van der Waals surface area contributed by atoms with Crippen molar-refractivity contribution in [3.63, 3.8) is 0 Å². The number of ether oxygens (including phenoxy) is 1. The lowest BCUT2D eigenvalue weighted by molar-refractivity contribution is 0.0399. The van der Waals surface area contributed by atoms with E-state index < -0.39 is 0 Å². The van der Waals surface area contributed by atoms with Crippen LogP contribution in [0.3, 0.4) is 0 Å². The van der Waals surface area contributed by atoms with Crippen LogP contribution in [0.4, 0.5) is 0 Å². The first-order valence-corrected chi connectivity index (χ1v) is 7.72. The van der Waals surface area contributed by atoms with Gasteiger partial charge in [-0.1, -0.05) is 67.1 Å². The summed E-state index contributed by atoms with van der Waals surface area (Å²) in [5.74, 6) is 0. The predicted octanol–water partition coefficient (Wildman–Crippen LogP) is 4.25. The summed E-state index contributed by atoms with van der Waals surface area (Å²) in [7, 11) is 0. The first-order valence-electron chi connectivity index (χ1n) is 7.72. The zero-order valence-corrected chi connectivity index (χ0v) is 13.0. The molecule has 1 N–H and O–H groups in total. The number of nitrogens with one attached hydrogen (secondary N) is 1. The van der Waals surface area contributed by atoms with E-state index >= 15 is 0 Å². The van der Waals surface area contributed by atoms with Crippen molar-refractivity contribution < 1.29 is 4.74 Å². The molecule has 0 bridgehead atoms. The molecular weight excluding hydrogens is 258 g/mol. The third-order valence-electron chi connectivity index (χ3n) is 3.46. The number of hydrogen-bond acceptors (Lipinski definition) is 2. The van der Waals surface area contributed by atoms with Crippen molar-refractivity contribution in [1.29, 1.82) is 0 Å². The van der Waals surface area contributed by atoms with Gasteiger partial charge in [-0.2, -0.15) is 0 Å². The summed E-state index contributed by atoms with van der Waals surface area (Å²) in [6.45, 7) is 6.82. The lowest BCUT2D eigenvalue weighted by Crippen LogP contribution is -2.24. The van der Waals surface area contributed by atoms with Gasteiger partial charge in [-0.3, -0.25) is 0 Å². The number of aryl methyl sites for hydroxylation is 1. The van der Waals surface area contributed by atoms with Crippen molar-refractivity contribution in [2.75, 3.05) is 13.1 Å². The van der Waals surface area contributed by atoms with Gasteiger partial charge in [0.15, 0.2) is 0 Å². The summed E-state index contributed by atoms with van der Waals surface area (Å²) in [6, 6.07) is 18.9. The van der Waals surface area contributed by atoms with Crippen LogP contribution in [-0.4, -0.2) is 13.1 Å². The van der Waals surface area contributed by atoms with Crippen LogP contribution >= 0.6 is 0 Å². The Morgan fingerprint density at radius 2 is 1.86 bits per heavy atom. The van der Waals surface area contributed by atoms with Crippen molar-refractivity contribution in [2.45, 2.75) is 33.0 Å². The molecule has 2 aromatic carbocycles. The third kappa shape index (κ3) is 5.33. The number of hydrogen-bond donors (Lipinski definition) is 1. The van der Waals surface area contributed by atoms with Gasteiger partial charge >= 0.3 is 0 Å². The summed E-state index contributed by atoms with van der Waals surface area (Å²) in [5.41, 5.74) is 3.73. The van der Waals surface area contributed by atoms with Crippen molar-refractivity contribution in [3.8, 4) is 0 Å².